The molecule has 1 heterocycles. The molecule has 2 rings (SSSR count). The van der Waals surface area contributed by atoms with Gasteiger partial charge in [0.1, 0.15) is 4.90 Å². The van der Waals surface area contributed by atoms with Gasteiger partial charge in [-0.25, -0.2) is 12.7 Å². The quantitative estimate of drug-likeness (QED) is 0.915. The first-order chi connectivity index (χ1) is 9.85. The van der Waals surface area contributed by atoms with Crippen LogP contribution >= 0.6 is 0 Å². The molecule has 0 spiro atoms. The first-order valence-electron chi connectivity index (χ1n) is 7.37. The van der Waals surface area contributed by atoms with Crippen LogP contribution in [0.4, 0.5) is 5.69 Å². The summed E-state index contributed by atoms with van der Waals surface area (Å²) in [5.41, 5.74) is 1.72. The maximum atomic E-state index is 12.8. The summed E-state index contributed by atoms with van der Waals surface area (Å²) < 4.78 is 26.9. The van der Waals surface area contributed by atoms with Gasteiger partial charge in [0.05, 0.1) is 5.69 Å². The van der Waals surface area contributed by atoms with E-state index in [0.29, 0.717) is 4.90 Å². The summed E-state index contributed by atoms with van der Waals surface area (Å²) >= 11 is 0. The Kier molecular flexibility index (Phi) is 4.91. The number of sulfonamides is 1. The number of anilines is 1. The highest BCUT2D eigenvalue weighted by Crippen LogP contribution is 2.34. The Morgan fingerprint density at radius 1 is 1.19 bits per heavy atom. The lowest BCUT2D eigenvalue weighted by Gasteiger charge is -2.32. The van der Waals surface area contributed by atoms with Crippen LogP contribution in [0.1, 0.15) is 25.3 Å². The molecule has 1 saturated heterocycles. The van der Waals surface area contributed by atoms with Gasteiger partial charge in [0.25, 0.3) is 0 Å². The van der Waals surface area contributed by atoms with Crippen LogP contribution < -0.4 is 10.2 Å². The monoisotopic (exact) mass is 311 g/mol. The molecule has 1 N–H and O–H groups in total. The third kappa shape index (κ3) is 3.22. The molecule has 1 aromatic rings. The van der Waals surface area contributed by atoms with Gasteiger partial charge >= 0.3 is 0 Å². The normalized spacial score (nSPS) is 16.8. The minimum Gasteiger partial charge on any atom is -0.368 e. The maximum Gasteiger partial charge on any atom is 0.244 e. The Bertz CT molecular complexity index is 591. The van der Waals surface area contributed by atoms with E-state index in [9.17, 15) is 8.42 Å². The molecule has 1 aliphatic heterocycles. The number of piperazine rings is 1. The van der Waals surface area contributed by atoms with Crippen LogP contribution in [-0.4, -0.2) is 53.0 Å². The molecule has 21 heavy (non-hydrogen) atoms. The molecule has 0 unspecified atom stereocenters. The van der Waals surface area contributed by atoms with E-state index in [1.54, 1.807) is 14.1 Å². The molecule has 0 radical (unpaired) electrons. The van der Waals surface area contributed by atoms with E-state index >= 15 is 0 Å². The molecule has 0 amide bonds. The summed E-state index contributed by atoms with van der Waals surface area (Å²) in [5, 5.41) is 3.30. The molecule has 0 aliphatic carbocycles. The molecule has 0 saturated carbocycles. The van der Waals surface area contributed by atoms with Crippen molar-refractivity contribution >= 4 is 15.7 Å². The topological polar surface area (TPSA) is 52.7 Å². The third-order valence-electron chi connectivity index (χ3n) is 3.84. The Labute approximate surface area is 128 Å². The second-order valence-corrected chi connectivity index (χ2v) is 7.96. The molecule has 118 valence electrons. The summed E-state index contributed by atoms with van der Waals surface area (Å²) in [6, 6.07) is 5.81. The van der Waals surface area contributed by atoms with Crippen LogP contribution in [0.2, 0.25) is 0 Å². The Morgan fingerprint density at radius 2 is 1.81 bits per heavy atom. The number of rotatable bonds is 4. The maximum absolute atomic E-state index is 12.8. The molecule has 0 atom stereocenters. The number of nitrogens with one attached hydrogen (secondary N) is 1. The van der Waals surface area contributed by atoms with Crippen LogP contribution in [0.3, 0.4) is 0 Å². The molecule has 1 fully saturated rings. The van der Waals surface area contributed by atoms with Crippen molar-refractivity contribution in [2.75, 3.05) is 45.2 Å². The summed E-state index contributed by atoms with van der Waals surface area (Å²) in [4.78, 5) is 2.63. The number of hydrogen-bond donors (Lipinski definition) is 1. The zero-order chi connectivity index (χ0) is 15.6. The second-order valence-electron chi connectivity index (χ2n) is 5.87. The van der Waals surface area contributed by atoms with Crippen LogP contribution in [0.5, 0.6) is 0 Å². The fraction of sp³-hybridized carbons (Fsp3) is 0.600. The van der Waals surface area contributed by atoms with Crippen LogP contribution in [0.15, 0.2) is 23.1 Å². The molecule has 0 bridgehead atoms. The van der Waals surface area contributed by atoms with Crippen molar-refractivity contribution in [3.63, 3.8) is 0 Å². The fourth-order valence-corrected chi connectivity index (χ4v) is 4.04. The van der Waals surface area contributed by atoms with Gasteiger partial charge < -0.3 is 10.2 Å². The highest BCUT2D eigenvalue weighted by Gasteiger charge is 2.28. The number of nitrogens with zero attached hydrogens (tertiary/aromatic N) is 2. The number of hydrogen-bond acceptors (Lipinski definition) is 4. The van der Waals surface area contributed by atoms with Crippen molar-refractivity contribution in [1.29, 1.82) is 0 Å². The summed E-state index contributed by atoms with van der Waals surface area (Å²) in [7, 11) is -0.279. The minimum atomic E-state index is -3.46. The van der Waals surface area contributed by atoms with Gasteiger partial charge in [0.2, 0.25) is 10.0 Å². The van der Waals surface area contributed by atoms with Crippen molar-refractivity contribution in [2.24, 2.45) is 0 Å². The van der Waals surface area contributed by atoms with E-state index in [-0.39, 0.29) is 5.92 Å². The van der Waals surface area contributed by atoms with E-state index < -0.39 is 10.0 Å². The van der Waals surface area contributed by atoms with Gasteiger partial charge in [-0.3, -0.25) is 0 Å². The van der Waals surface area contributed by atoms with Gasteiger partial charge in [-0.2, -0.15) is 0 Å². The highest BCUT2D eigenvalue weighted by atomic mass is 32.2. The molecule has 1 aliphatic rings. The van der Waals surface area contributed by atoms with Crippen molar-refractivity contribution < 1.29 is 8.42 Å². The lowest BCUT2D eigenvalue weighted by Crippen LogP contribution is -2.44. The van der Waals surface area contributed by atoms with Crippen molar-refractivity contribution in [2.45, 2.75) is 24.7 Å². The summed E-state index contributed by atoms with van der Waals surface area (Å²) in [5.74, 6) is 0.164. The summed E-state index contributed by atoms with van der Waals surface area (Å²) in [6.45, 7) is 7.49. The Balaban J connectivity index is 2.62. The minimum absolute atomic E-state index is 0.164. The molecule has 6 heteroatoms. The second kappa shape index (κ2) is 6.34. The fourth-order valence-electron chi connectivity index (χ4n) is 2.62. The SMILES string of the molecule is CC(C)c1cccc(N2CCNCC2)c1S(=O)(=O)N(C)C. The lowest BCUT2D eigenvalue weighted by atomic mass is 10.0. The first kappa shape index (κ1) is 16.3. The predicted octanol–water partition coefficient (Wildman–Crippen LogP) is 1.47. The van der Waals surface area contributed by atoms with E-state index in [2.05, 4.69) is 10.2 Å². The van der Waals surface area contributed by atoms with Gasteiger partial charge in [-0.05, 0) is 17.5 Å². The molecule has 1 aromatic carbocycles. The predicted molar refractivity (Wildman–Crippen MR) is 86.5 cm³/mol. The summed E-state index contributed by atoms with van der Waals surface area (Å²) in [6.07, 6.45) is 0. The van der Waals surface area contributed by atoms with Crippen LogP contribution in [0.25, 0.3) is 0 Å². The van der Waals surface area contributed by atoms with E-state index in [4.69, 9.17) is 0 Å². The average molecular weight is 311 g/mol. The number of benzene rings is 1. The van der Waals surface area contributed by atoms with Gasteiger partial charge in [0.15, 0.2) is 0 Å². The zero-order valence-electron chi connectivity index (χ0n) is 13.3. The largest absolute Gasteiger partial charge is 0.368 e. The molecular formula is C15H25N3O2S. The van der Waals surface area contributed by atoms with Crippen molar-refractivity contribution in [1.82, 2.24) is 9.62 Å². The van der Waals surface area contributed by atoms with Gasteiger partial charge in [0, 0.05) is 40.3 Å². The lowest BCUT2D eigenvalue weighted by molar-refractivity contribution is 0.517. The molecule has 5 nitrogen and oxygen atoms in total. The smallest absolute Gasteiger partial charge is 0.244 e. The van der Waals surface area contributed by atoms with E-state index in [0.717, 1.165) is 37.4 Å². The standard InChI is InChI=1S/C15H25N3O2S/c1-12(2)13-6-5-7-14(18-10-8-16-9-11-18)15(13)21(19,20)17(3)4/h5-7,12,16H,8-11H2,1-4H3. The van der Waals surface area contributed by atoms with E-state index in [1.165, 1.54) is 4.31 Å². The molecular weight excluding hydrogens is 286 g/mol. The zero-order valence-corrected chi connectivity index (χ0v) is 14.1. The van der Waals surface area contributed by atoms with Crippen molar-refractivity contribution in [3.8, 4) is 0 Å². The highest BCUT2D eigenvalue weighted by molar-refractivity contribution is 7.89. The Morgan fingerprint density at radius 3 is 2.33 bits per heavy atom. The van der Waals surface area contributed by atoms with E-state index in [1.807, 2.05) is 32.0 Å². The van der Waals surface area contributed by atoms with Crippen molar-refractivity contribution in [3.05, 3.63) is 23.8 Å². The Hall–Kier alpha value is -1.11. The average Bonchev–Trinajstić information content (AvgIpc) is 2.47. The van der Waals surface area contributed by atoms with Crippen LogP contribution in [0, 0.1) is 0 Å². The first-order valence-corrected chi connectivity index (χ1v) is 8.81. The van der Waals surface area contributed by atoms with Crippen LogP contribution in [-0.2, 0) is 10.0 Å². The third-order valence-corrected chi connectivity index (χ3v) is 5.77. The molecule has 0 aromatic heterocycles. The van der Waals surface area contributed by atoms with Gasteiger partial charge in [-0.15, -0.1) is 0 Å². The van der Waals surface area contributed by atoms with Gasteiger partial charge in [-0.1, -0.05) is 26.0 Å².